The van der Waals surface area contributed by atoms with Crippen molar-refractivity contribution < 1.29 is 0 Å². The summed E-state index contributed by atoms with van der Waals surface area (Å²) >= 11 is 1.69. The third-order valence-corrected chi connectivity index (χ3v) is 4.30. The molecule has 0 aliphatic heterocycles. The minimum Gasteiger partial charge on any atom is -0.362 e. The van der Waals surface area contributed by atoms with Crippen molar-refractivity contribution in [2.75, 3.05) is 11.9 Å². The molecule has 0 amide bonds. The summed E-state index contributed by atoms with van der Waals surface area (Å²) in [5, 5.41) is 6.44. The number of thiazole rings is 1. The van der Waals surface area contributed by atoms with Gasteiger partial charge in [-0.25, -0.2) is 4.98 Å². The molecule has 4 heteroatoms. The van der Waals surface area contributed by atoms with Gasteiger partial charge in [-0.05, 0) is 39.7 Å². The van der Waals surface area contributed by atoms with Crippen LogP contribution in [-0.2, 0) is 0 Å². The van der Waals surface area contributed by atoms with Crippen LogP contribution >= 0.6 is 11.3 Å². The molecule has 1 aliphatic carbocycles. The van der Waals surface area contributed by atoms with Crippen molar-refractivity contribution >= 4 is 16.5 Å². The fourth-order valence-corrected chi connectivity index (χ4v) is 3.34. The molecular weight excluding hydrogens is 242 g/mol. The van der Waals surface area contributed by atoms with Crippen molar-refractivity contribution in [3.8, 4) is 11.3 Å². The van der Waals surface area contributed by atoms with Crippen molar-refractivity contribution in [3.63, 3.8) is 0 Å². The number of nitrogens with one attached hydrogen (secondary N) is 1. The minimum absolute atomic E-state index is 0.741. The van der Waals surface area contributed by atoms with Crippen molar-refractivity contribution in [3.05, 3.63) is 22.8 Å². The van der Waals surface area contributed by atoms with Crippen LogP contribution in [0.2, 0.25) is 0 Å². The molecule has 1 fully saturated rings. The van der Waals surface area contributed by atoms with E-state index in [2.05, 4.69) is 47.1 Å². The maximum absolute atomic E-state index is 4.66. The molecule has 0 bridgehead atoms. The molecule has 0 atom stereocenters. The Kier molecular flexibility index (Phi) is 2.90. The maximum Gasteiger partial charge on any atom is 0.183 e. The van der Waals surface area contributed by atoms with Gasteiger partial charge in [0.25, 0.3) is 0 Å². The zero-order valence-electron chi connectivity index (χ0n) is 11.2. The number of aromatic nitrogens is 2. The Morgan fingerprint density at radius 2 is 2.22 bits per heavy atom. The van der Waals surface area contributed by atoms with E-state index in [0.717, 1.165) is 23.4 Å². The number of nitrogens with zero attached hydrogens (tertiary/aromatic N) is 2. The zero-order chi connectivity index (χ0) is 12.7. The summed E-state index contributed by atoms with van der Waals surface area (Å²) in [4.78, 5) is 4.66. The summed E-state index contributed by atoms with van der Waals surface area (Å²) in [7, 11) is 0. The second-order valence-electron chi connectivity index (χ2n) is 4.95. The molecule has 0 unspecified atom stereocenters. The van der Waals surface area contributed by atoms with E-state index in [-0.39, 0.29) is 0 Å². The molecule has 96 valence electrons. The Hall–Kier alpha value is -1.29. The summed E-state index contributed by atoms with van der Waals surface area (Å²) in [6.45, 7) is 7.44. The first-order valence-electron chi connectivity index (χ1n) is 6.59. The van der Waals surface area contributed by atoms with Gasteiger partial charge in [0.05, 0.1) is 5.69 Å². The van der Waals surface area contributed by atoms with E-state index < -0.39 is 0 Å². The van der Waals surface area contributed by atoms with E-state index in [4.69, 9.17) is 0 Å². The molecule has 1 aliphatic rings. The van der Waals surface area contributed by atoms with Crippen LogP contribution in [0.5, 0.6) is 0 Å². The van der Waals surface area contributed by atoms with Crippen LogP contribution in [0.15, 0.2) is 11.4 Å². The van der Waals surface area contributed by atoms with Gasteiger partial charge in [0.1, 0.15) is 0 Å². The molecule has 18 heavy (non-hydrogen) atoms. The molecule has 2 heterocycles. The van der Waals surface area contributed by atoms with Crippen molar-refractivity contribution in [2.45, 2.75) is 39.7 Å². The third-order valence-electron chi connectivity index (χ3n) is 3.50. The molecule has 0 aromatic carbocycles. The normalized spacial score (nSPS) is 15.1. The van der Waals surface area contributed by atoms with Crippen LogP contribution in [0.3, 0.4) is 0 Å². The predicted molar refractivity (Wildman–Crippen MR) is 77.4 cm³/mol. The fraction of sp³-hybridized carbons (Fsp3) is 0.500. The lowest BCUT2D eigenvalue weighted by atomic mass is 10.2. The van der Waals surface area contributed by atoms with Gasteiger partial charge in [-0.2, -0.15) is 0 Å². The number of rotatable bonds is 4. The smallest absolute Gasteiger partial charge is 0.183 e. The van der Waals surface area contributed by atoms with Crippen molar-refractivity contribution in [1.82, 2.24) is 9.55 Å². The van der Waals surface area contributed by atoms with Crippen LogP contribution in [0.25, 0.3) is 11.3 Å². The van der Waals surface area contributed by atoms with E-state index in [9.17, 15) is 0 Å². The Morgan fingerprint density at radius 1 is 1.44 bits per heavy atom. The van der Waals surface area contributed by atoms with Gasteiger partial charge in [-0.3, -0.25) is 0 Å². The summed E-state index contributed by atoms with van der Waals surface area (Å²) in [6, 6.07) is 3.02. The highest BCUT2D eigenvalue weighted by Gasteiger charge is 2.27. The molecule has 0 spiro atoms. The first-order chi connectivity index (χ1) is 8.70. The molecule has 1 N–H and O–H groups in total. The van der Waals surface area contributed by atoms with E-state index in [1.807, 2.05) is 0 Å². The van der Waals surface area contributed by atoms with Crippen LogP contribution in [0.4, 0.5) is 5.13 Å². The lowest BCUT2D eigenvalue weighted by molar-refractivity contribution is 0.700. The van der Waals surface area contributed by atoms with Gasteiger partial charge in [-0.1, -0.05) is 0 Å². The van der Waals surface area contributed by atoms with E-state index >= 15 is 0 Å². The maximum atomic E-state index is 4.66. The lowest BCUT2D eigenvalue weighted by Crippen LogP contribution is -1.98. The van der Waals surface area contributed by atoms with Gasteiger partial charge in [-0.15, -0.1) is 11.3 Å². The Morgan fingerprint density at radius 3 is 2.89 bits per heavy atom. The number of hydrogen-bond acceptors (Lipinski definition) is 3. The van der Waals surface area contributed by atoms with Crippen LogP contribution in [0, 0.1) is 13.8 Å². The second-order valence-corrected chi connectivity index (χ2v) is 5.81. The Balaban J connectivity index is 1.97. The van der Waals surface area contributed by atoms with Crippen LogP contribution in [0.1, 0.15) is 37.2 Å². The Bertz CT molecular complexity index is 564. The van der Waals surface area contributed by atoms with Crippen LogP contribution < -0.4 is 5.32 Å². The minimum atomic E-state index is 0.741. The molecule has 1 saturated carbocycles. The van der Waals surface area contributed by atoms with Crippen LogP contribution in [-0.4, -0.2) is 16.1 Å². The average Bonchev–Trinajstić information content (AvgIpc) is 2.98. The fourth-order valence-electron chi connectivity index (χ4n) is 2.56. The van der Waals surface area contributed by atoms with Gasteiger partial charge in [0.15, 0.2) is 5.13 Å². The summed E-state index contributed by atoms with van der Waals surface area (Å²) in [5.74, 6) is 0. The second kappa shape index (κ2) is 4.43. The monoisotopic (exact) mass is 261 g/mol. The zero-order valence-corrected chi connectivity index (χ0v) is 12.0. The molecule has 2 aromatic heterocycles. The van der Waals surface area contributed by atoms with E-state index in [1.165, 1.54) is 29.8 Å². The third kappa shape index (κ3) is 1.94. The molecular formula is C14H19N3S. The van der Waals surface area contributed by atoms with Gasteiger partial charge in [0, 0.05) is 34.9 Å². The molecule has 3 rings (SSSR count). The molecule has 2 aromatic rings. The largest absolute Gasteiger partial charge is 0.362 e. The molecule has 3 nitrogen and oxygen atoms in total. The van der Waals surface area contributed by atoms with Gasteiger partial charge in [0.2, 0.25) is 0 Å². The standard InChI is InChI=1S/C14H19N3S/c1-4-15-14-16-13(8-18-14)12-7-9(2)17(10(12)3)11-5-6-11/h7-8,11H,4-6H2,1-3H3,(H,15,16). The van der Waals surface area contributed by atoms with E-state index in [1.54, 1.807) is 11.3 Å². The van der Waals surface area contributed by atoms with Gasteiger partial charge >= 0.3 is 0 Å². The molecule has 0 saturated heterocycles. The quantitative estimate of drug-likeness (QED) is 0.901. The van der Waals surface area contributed by atoms with Crippen molar-refractivity contribution in [1.29, 1.82) is 0 Å². The Labute approximate surface area is 112 Å². The number of anilines is 1. The first kappa shape index (κ1) is 11.8. The average molecular weight is 261 g/mol. The first-order valence-corrected chi connectivity index (χ1v) is 7.47. The highest BCUT2D eigenvalue weighted by Crippen LogP contribution is 2.40. The highest BCUT2D eigenvalue weighted by atomic mass is 32.1. The summed E-state index contributed by atoms with van der Waals surface area (Å²) in [6.07, 6.45) is 2.66. The SMILES string of the molecule is CCNc1nc(-c2cc(C)n(C3CC3)c2C)cs1. The van der Waals surface area contributed by atoms with Crippen molar-refractivity contribution in [2.24, 2.45) is 0 Å². The summed E-state index contributed by atoms with van der Waals surface area (Å²) in [5.41, 5.74) is 5.13. The summed E-state index contributed by atoms with van der Waals surface area (Å²) < 4.78 is 2.47. The van der Waals surface area contributed by atoms with Gasteiger partial charge < -0.3 is 9.88 Å². The molecule has 0 radical (unpaired) electrons. The highest BCUT2D eigenvalue weighted by molar-refractivity contribution is 7.14. The predicted octanol–water partition coefficient (Wildman–Crippen LogP) is 4.00. The lowest BCUT2D eigenvalue weighted by Gasteiger charge is -2.06. The number of hydrogen-bond donors (Lipinski definition) is 1. The topological polar surface area (TPSA) is 29.9 Å². The number of aryl methyl sites for hydroxylation is 1. The van der Waals surface area contributed by atoms with E-state index in [0.29, 0.717) is 0 Å².